The van der Waals surface area contributed by atoms with Crippen LogP contribution in [-0.4, -0.2) is 40.5 Å². The average molecular weight is 443 g/mol. The number of aryl methyl sites for hydroxylation is 1. The number of halogens is 3. The molecule has 0 bridgehead atoms. The first-order chi connectivity index (χ1) is 14.0. The molecular weight excluding hydrogens is 419 g/mol. The molecule has 2 N–H and O–H groups in total. The topological polar surface area (TPSA) is 79.8 Å². The molecule has 0 saturated carbocycles. The first-order valence-electron chi connectivity index (χ1n) is 9.00. The number of alkyl halides is 3. The van der Waals surface area contributed by atoms with Gasteiger partial charge in [0.2, 0.25) is 0 Å². The van der Waals surface area contributed by atoms with Crippen molar-refractivity contribution in [2.45, 2.75) is 31.1 Å². The highest BCUT2D eigenvalue weighted by Crippen LogP contribution is 2.19. The molecule has 2 rings (SSSR count). The van der Waals surface area contributed by atoms with Crippen LogP contribution >= 0.6 is 0 Å². The van der Waals surface area contributed by atoms with E-state index in [9.17, 15) is 21.6 Å². The van der Waals surface area contributed by atoms with Gasteiger partial charge in [0, 0.05) is 26.4 Å². The van der Waals surface area contributed by atoms with E-state index in [1.165, 1.54) is 18.4 Å². The molecule has 164 valence electrons. The van der Waals surface area contributed by atoms with Crippen LogP contribution in [0, 0.1) is 6.92 Å². The fraction of sp³-hybridized carbons (Fsp3) is 0.350. The molecule has 0 aromatic heterocycles. The third-order valence-electron chi connectivity index (χ3n) is 4.08. The van der Waals surface area contributed by atoms with Gasteiger partial charge in [-0.05, 0) is 41.8 Å². The molecule has 10 heteroatoms. The largest absolute Gasteiger partial charge is 0.484 e. The van der Waals surface area contributed by atoms with Crippen molar-refractivity contribution in [3.63, 3.8) is 0 Å². The van der Waals surface area contributed by atoms with Crippen molar-refractivity contribution in [2.24, 2.45) is 4.99 Å². The maximum atomic E-state index is 12.3. The Labute approximate surface area is 174 Å². The Morgan fingerprint density at radius 3 is 2.23 bits per heavy atom. The standard InChI is InChI=1S/C20H24F3N3O3S/c1-14-9-16(7-8-18(14)30(3,27)28)12-26-19(24-2)25-11-15-5-4-6-17(10-15)29-13-20(21,22)23/h4-10H,11-13H2,1-3H3,(H2,24,25,26). The second-order valence-corrected chi connectivity index (χ2v) is 8.69. The van der Waals surface area contributed by atoms with E-state index in [4.69, 9.17) is 4.74 Å². The quantitative estimate of drug-likeness (QED) is 0.508. The highest BCUT2D eigenvalue weighted by molar-refractivity contribution is 7.90. The number of guanidine groups is 1. The maximum absolute atomic E-state index is 12.3. The summed E-state index contributed by atoms with van der Waals surface area (Å²) in [4.78, 5) is 4.40. The zero-order valence-electron chi connectivity index (χ0n) is 16.9. The minimum absolute atomic E-state index is 0.135. The highest BCUT2D eigenvalue weighted by Gasteiger charge is 2.28. The Balaban J connectivity index is 1.92. The van der Waals surface area contributed by atoms with Crippen molar-refractivity contribution in [1.82, 2.24) is 10.6 Å². The SMILES string of the molecule is CN=C(NCc1cccc(OCC(F)(F)F)c1)NCc1ccc(S(C)(=O)=O)c(C)c1. The fourth-order valence-electron chi connectivity index (χ4n) is 2.74. The lowest BCUT2D eigenvalue weighted by Crippen LogP contribution is -2.36. The van der Waals surface area contributed by atoms with E-state index in [1.54, 1.807) is 44.3 Å². The molecule has 0 aliphatic carbocycles. The summed E-state index contributed by atoms with van der Waals surface area (Å²) in [6.45, 7) is 1.14. The van der Waals surface area contributed by atoms with Crippen LogP contribution in [0.15, 0.2) is 52.4 Å². The van der Waals surface area contributed by atoms with Crippen LogP contribution in [0.3, 0.4) is 0 Å². The van der Waals surface area contributed by atoms with Crippen LogP contribution in [0.4, 0.5) is 13.2 Å². The van der Waals surface area contributed by atoms with Crippen LogP contribution in [-0.2, 0) is 22.9 Å². The zero-order chi connectivity index (χ0) is 22.4. The molecule has 2 aromatic carbocycles. The first kappa shape index (κ1) is 23.5. The lowest BCUT2D eigenvalue weighted by molar-refractivity contribution is -0.153. The van der Waals surface area contributed by atoms with Gasteiger partial charge in [0.25, 0.3) is 0 Å². The molecular formula is C20H24F3N3O3S. The van der Waals surface area contributed by atoms with E-state index in [1.807, 2.05) is 0 Å². The number of nitrogens with one attached hydrogen (secondary N) is 2. The third kappa shape index (κ3) is 7.58. The lowest BCUT2D eigenvalue weighted by atomic mass is 10.1. The molecule has 30 heavy (non-hydrogen) atoms. The van der Waals surface area contributed by atoms with Gasteiger partial charge in [-0.25, -0.2) is 8.42 Å². The number of ether oxygens (including phenoxy) is 1. The summed E-state index contributed by atoms with van der Waals surface area (Å²) in [5, 5.41) is 6.18. The molecule has 0 fully saturated rings. The normalized spacial score (nSPS) is 12.5. The van der Waals surface area contributed by atoms with Crippen molar-refractivity contribution in [3.05, 3.63) is 59.2 Å². The predicted molar refractivity (Wildman–Crippen MR) is 109 cm³/mol. The number of hydrogen-bond acceptors (Lipinski definition) is 4. The smallest absolute Gasteiger partial charge is 0.422 e. The molecule has 0 atom stereocenters. The number of hydrogen-bond donors (Lipinski definition) is 2. The molecule has 0 radical (unpaired) electrons. The second-order valence-electron chi connectivity index (χ2n) is 6.70. The number of aliphatic imine (C=N–C) groups is 1. The van der Waals surface area contributed by atoms with E-state index < -0.39 is 22.6 Å². The van der Waals surface area contributed by atoms with Crippen molar-refractivity contribution < 1.29 is 26.3 Å². The Kier molecular flexibility index (Phi) is 7.71. The van der Waals surface area contributed by atoms with Crippen molar-refractivity contribution >= 4 is 15.8 Å². The summed E-state index contributed by atoms with van der Waals surface area (Å²) in [7, 11) is -1.68. The summed E-state index contributed by atoms with van der Waals surface area (Å²) < 4.78 is 65.0. The summed E-state index contributed by atoms with van der Waals surface area (Å²) in [5.74, 6) is 0.623. The minimum atomic E-state index is -4.39. The molecule has 0 saturated heterocycles. The second kappa shape index (κ2) is 9.84. The highest BCUT2D eigenvalue weighted by atomic mass is 32.2. The molecule has 0 spiro atoms. The van der Waals surface area contributed by atoms with E-state index >= 15 is 0 Å². The van der Waals surface area contributed by atoms with Crippen molar-refractivity contribution in [2.75, 3.05) is 19.9 Å². The number of nitrogens with zero attached hydrogens (tertiary/aromatic N) is 1. The Hall–Kier alpha value is -2.75. The van der Waals surface area contributed by atoms with Gasteiger partial charge in [-0.3, -0.25) is 4.99 Å². The Morgan fingerprint density at radius 2 is 1.70 bits per heavy atom. The number of benzene rings is 2. The van der Waals surface area contributed by atoms with E-state index in [-0.39, 0.29) is 5.75 Å². The van der Waals surface area contributed by atoms with Crippen LogP contribution in [0.25, 0.3) is 0 Å². The fourth-order valence-corrected chi connectivity index (χ4v) is 3.70. The summed E-state index contributed by atoms with van der Waals surface area (Å²) in [6, 6.07) is 11.5. The van der Waals surface area contributed by atoms with Gasteiger partial charge in [0.15, 0.2) is 22.4 Å². The van der Waals surface area contributed by atoms with Crippen LogP contribution in [0.5, 0.6) is 5.75 Å². The van der Waals surface area contributed by atoms with Crippen LogP contribution < -0.4 is 15.4 Å². The van der Waals surface area contributed by atoms with Gasteiger partial charge in [0.05, 0.1) is 4.90 Å². The zero-order valence-corrected chi connectivity index (χ0v) is 17.7. The van der Waals surface area contributed by atoms with Crippen molar-refractivity contribution in [3.8, 4) is 5.75 Å². The monoisotopic (exact) mass is 443 g/mol. The molecule has 0 heterocycles. The van der Waals surface area contributed by atoms with Gasteiger partial charge >= 0.3 is 6.18 Å². The molecule has 0 aliphatic heterocycles. The average Bonchev–Trinajstić information content (AvgIpc) is 2.65. The molecule has 6 nitrogen and oxygen atoms in total. The van der Waals surface area contributed by atoms with Gasteiger partial charge < -0.3 is 15.4 Å². The Morgan fingerprint density at radius 1 is 1.07 bits per heavy atom. The van der Waals surface area contributed by atoms with E-state index in [2.05, 4.69) is 15.6 Å². The van der Waals surface area contributed by atoms with Gasteiger partial charge in [-0.15, -0.1) is 0 Å². The van der Waals surface area contributed by atoms with Gasteiger partial charge in [-0.2, -0.15) is 13.2 Å². The lowest BCUT2D eigenvalue weighted by Gasteiger charge is -2.14. The van der Waals surface area contributed by atoms with Crippen LogP contribution in [0.1, 0.15) is 16.7 Å². The van der Waals surface area contributed by atoms with E-state index in [0.29, 0.717) is 29.5 Å². The third-order valence-corrected chi connectivity index (χ3v) is 5.34. The minimum Gasteiger partial charge on any atom is -0.484 e. The molecule has 0 aliphatic rings. The molecule has 0 unspecified atom stereocenters. The molecule has 0 amide bonds. The maximum Gasteiger partial charge on any atom is 0.422 e. The van der Waals surface area contributed by atoms with Gasteiger partial charge in [0.1, 0.15) is 5.75 Å². The first-order valence-corrected chi connectivity index (χ1v) is 10.9. The van der Waals surface area contributed by atoms with E-state index in [0.717, 1.165) is 11.1 Å². The van der Waals surface area contributed by atoms with Crippen molar-refractivity contribution in [1.29, 1.82) is 0 Å². The van der Waals surface area contributed by atoms with Gasteiger partial charge in [-0.1, -0.05) is 24.3 Å². The van der Waals surface area contributed by atoms with Crippen LogP contribution in [0.2, 0.25) is 0 Å². The molecule has 2 aromatic rings. The summed E-state index contributed by atoms with van der Waals surface area (Å²) in [5.41, 5.74) is 2.27. The Bertz CT molecular complexity index is 1010. The number of rotatable bonds is 7. The summed E-state index contributed by atoms with van der Waals surface area (Å²) >= 11 is 0. The summed E-state index contributed by atoms with van der Waals surface area (Å²) in [6.07, 6.45) is -3.22. The number of sulfone groups is 1. The predicted octanol–water partition coefficient (Wildman–Crippen LogP) is 3.20.